The molecule has 3 heterocycles. The number of piperazine rings is 1. The van der Waals surface area contributed by atoms with Crippen molar-refractivity contribution in [3.63, 3.8) is 0 Å². The molecule has 23 heavy (non-hydrogen) atoms. The summed E-state index contributed by atoms with van der Waals surface area (Å²) in [5, 5.41) is 14.7. The van der Waals surface area contributed by atoms with Crippen LogP contribution >= 0.6 is 11.3 Å². The molecular formula is C16H26N6S. The third kappa shape index (κ3) is 3.97. The van der Waals surface area contributed by atoms with Crippen molar-refractivity contribution in [2.24, 2.45) is 0 Å². The number of tetrazole rings is 1. The van der Waals surface area contributed by atoms with Gasteiger partial charge in [0.25, 0.3) is 0 Å². The third-order valence-electron chi connectivity index (χ3n) is 4.60. The van der Waals surface area contributed by atoms with Gasteiger partial charge in [-0.1, -0.05) is 26.3 Å². The highest BCUT2D eigenvalue weighted by atomic mass is 32.1. The minimum absolute atomic E-state index is 0.328. The Kier molecular flexibility index (Phi) is 5.75. The van der Waals surface area contributed by atoms with Crippen molar-refractivity contribution in [2.75, 3.05) is 32.7 Å². The van der Waals surface area contributed by atoms with Gasteiger partial charge in [-0.05, 0) is 34.8 Å². The maximum atomic E-state index is 4.38. The van der Waals surface area contributed by atoms with E-state index in [2.05, 4.69) is 56.7 Å². The van der Waals surface area contributed by atoms with Crippen LogP contribution in [0, 0.1) is 0 Å². The Morgan fingerprint density at radius 1 is 1.22 bits per heavy atom. The SMILES string of the molecule is CCC[C@H](c1nnnn1Cc1cccs1)N1CCN(CC)CC1. The number of nitrogens with zero attached hydrogens (tertiary/aromatic N) is 6. The lowest BCUT2D eigenvalue weighted by Crippen LogP contribution is -2.47. The van der Waals surface area contributed by atoms with Crippen molar-refractivity contribution in [3.8, 4) is 0 Å². The fourth-order valence-corrected chi connectivity index (χ4v) is 3.94. The standard InChI is InChI=1S/C16H26N6S/c1-3-6-15(21-10-8-20(4-2)9-11-21)16-17-18-19-22(16)13-14-7-5-12-23-14/h5,7,12,15H,3-4,6,8-11,13H2,1-2H3/t15-/m1/s1. The quantitative estimate of drug-likeness (QED) is 0.777. The molecule has 2 aromatic heterocycles. The topological polar surface area (TPSA) is 50.1 Å². The number of thiophene rings is 1. The summed E-state index contributed by atoms with van der Waals surface area (Å²) in [6.45, 7) is 10.9. The highest BCUT2D eigenvalue weighted by molar-refractivity contribution is 7.09. The molecule has 0 radical (unpaired) electrons. The molecule has 2 aromatic rings. The molecule has 126 valence electrons. The Balaban J connectivity index is 1.75. The first-order valence-corrected chi connectivity index (χ1v) is 9.44. The van der Waals surface area contributed by atoms with E-state index >= 15 is 0 Å². The average Bonchev–Trinajstić information content (AvgIpc) is 3.25. The Morgan fingerprint density at radius 2 is 2.04 bits per heavy atom. The maximum Gasteiger partial charge on any atom is 0.168 e. The lowest BCUT2D eigenvalue weighted by Gasteiger charge is -2.38. The van der Waals surface area contributed by atoms with E-state index in [4.69, 9.17) is 0 Å². The number of hydrogen-bond donors (Lipinski definition) is 0. The van der Waals surface area contributed by atoms with Gasteiger partial charge in [0.2, 0.25) is 0 Å². The Morgan fingerprint density at radius 3 is 2.70 bits per heavy atom. The van der Waals surface area contributed by atoms with Crippen molar-refractivity contribution in [1.82, 2.24) is 30.0 Å². The molecule has 0 aliphatic carbocycles. The van der Waals surface area contributed by atoms with Crippen molar-refractivity contribution >= 4 is 11.3 Å². The summed E-state index contributed by atoms with van der Waals surface area (Å²) in [7, 11) is 0. The molecule has 0 saturated carbocycles. The second kappa shape index (κ2) is 7.99. The van der Waals surface area contributed by atoms with Crippen LogP contribution in [0.4, 0.5) is 0 Å². The van der Waals surface area contributed by atoms with Crippen molar-refractivity contribution in [1.29, 1.82) is 0 Å². The smallest absolute Gasteiger partial charge is 0.168 e. The van der Waals surface area contributed by atoms with Crippen molar-refractivity contribution in [2.45, 2.75) is 39.3 Å². The fourth-order valence-electron chi connectivity index (χ4n) is 3.25. The van der Waals surface area contributed by atoms with Crippen LogP contribution in [0.1, 0.15) is 43.4 Å². The summed E-state index contributed by atoms with van der Waals surface area (Å²) in [5.74, 6) is 1.02. The zero-order chi connectivity index (χ0) is 16.1. The number of hydrogen-bond acceptors (Lipinski definition) is 6. The van der Waals surface area contributed by atoms with Crippen LogP contribution in [0.3, 0.4) is 0 Å². The van der Waals surface area contributed by atoms with Crippen molar-refractivity contribution < 1.29 is 0 Å². The third-order valence-corrected chi connectivity index (χ3v) is 5.46. The predicted molar refractivity (Wildman–Crippen MR) is 92.6 cm³/mol. The largest absolute Gasteiger partial charge is 0.301 e. The van der Waals surface area contributed by atoms with E-state index < -0.39 is 0 Å². The van der Waals surface area contributed by atoms with E-state index in [0.29, 0.717) is 6.04 Å². The van der Waals surface area contributed by atoms with Gasteiger partial charge >= 0.3 is 0 Å². The molecule has 3 rings (SSSR count). The number of aromatic nitrogens is 4. The molecular weight excluding hydrogens is 308 g/mol. The van der Waals surface area contributed by atoms with Gasteiger partial charge in [0, 0.05) is 31.1 Å². The second-order valence-corrected chi connectivity index (χ2v) is 7.08. The summed E-state index contributed by atoms with van der Waals surface area (Å²) in [6, 6.07) is 4.55. The first-order chi connectivity index (χ1) is 11.3. The molecule has 6 nitrogen and oxygen atoms in total. The fraction of sp³-hybridized carbons (Fsp3) is 0.688. The lowest BCUT2D eigenvalue weighted by molar-refractivity contribution is 0.0889. The van der Waals surface area contributed by atoms with E-state index in [-0.39, 0.29) is 0 Å². The summed E-state index contributed by atoms with van der Waals surface area (Å²) in [4.78, 5) is 6.37. The molecule has 0 aromatic carbocycles. The van der Waals surface area contributed by atoms with E-state index in [1.165, 1.54) is 4.88 Å². The van der Waals surface area contributed by atoms with Gasteiger partial charge < -0.3 is 4.90 Å². The van der Waals surface area contributed by atoms with Crippen LogP contribution in [0.5, 0.6) is 0 Å². The van der Waals surface area contributed by atoms with Crippen LogP contribution in [0.2, 0.25) is 0 Å². The Hall–Kier alpha value is -1.31. The summed E-state index contributed by atoms with van der Waals surface area (Å²) in [5.41, 5.74) is 0. The zero-order valence-electron chi connectivity index (χ0n) is 14.1. The lowest BCUT2D eigenvalue weighted by atomic mass is 10.1. The molecule has 7 heteroatoms. The molecule has 0 N–H and O–H groups in total. The Labute approximate surface area is 142 Å². The predicted octanol–water partition coefficient (Wildman–Crippen LogP) is 2.26. The van der Waals surface area contributed by atoms with Crippen LogP contribution < -0.4 is 0 Å². The number of likely N-dealkylation sites (N-methyl/N-ethyl adjacent to an activating group) is 1. The van der Waals surface area contributed by atoms with Gasteiger partial charge in [-0.3, -0.25) is 4.90 Å². The minimum Gasteiger partial charge on any atom is -0.301 e. The summed E-state index contributed by atoms with van der Waals surface area (Å²) < 4.78 is 1.98. The normalized spacial score (nSPS) is 18.3. The zero-order valence-corrected chi connectivity index (χ0v) is 14.9. The molecule has 1 fully saturated rings. The van der Waals surface area contributed by atoms with Gasteiger partial charge in [0.15, 0.2) is 5.82 Å². The highest BCUT2D eigenvalue weighted by Crippen LogP contribution is 2.25. The van der Waals surface area contributed by atoms with Gasteiger partial charge in [-0.25, -0.2) is 4.68 Å². The first-order valence-electron chi connectivity index (χ1n) is 8.56. The van der Waals surface area contributed by atoms with E-state index in [0.717, 1.165) is 57.9 Å². The van der Waals surface area contributed by atoms with Gasteiger partial charge in [0.05, 0.1) is 12.6 Å². The molecule has 1 aliphatic rings. The second-order valence-electron chi connectivity index (χ2n) is 6.05. The number of rotatable bonds is 7. The summed E-state index contributed by atoms with van der Waals surface area (Å²) >= 11 is 1.76. The van der Waals surface area contributed by atoms with Gasteiger partial charge in [0.1, 0.15) is 0 Å². The molecule has 0 amide bonds. The first kappa shape index (κ1) is 16.5. The monoisotopic (exact) mass is 334 g/mol. The summed E-state index contributed by atoms with van der Waals surface area (Å²) in [6.07, 6.45) is 2.25. The van der Waals surface area contributed by atoms with Gasteiger partial charge in [-0.15, -0.1) is 16.4 Å². The van der Waals surface area contributed by atoms with Crippen LogP contribution in [0.25, 0.3) is 0 Å². The molecule has 0 bridgehead atoms. The maximum absolute atomic E-state index is 4.38. The van der Waals surface area contributed by atoms with E-state index in [1.807, 2.05) is 4.68 Å². The van der Waals surface area contributed by atoms with E-state index in [9.17, 15) is 0 Å². The molecule has 0 spiro atoms. The molecule has 0 unspecified atom stereocenters. The Bertz CT molecular complexity index is 573. The molecule has 1 atom stereocenters. The van der Waals surface area contributed by atoms with Gasteiger partial charge in [-0.2, -0.15) is 0 Å². The average molecular weight is 334 g/mol. The van der Waals surface area contributed by atoms with Crippen LogP contribution in [0.15, 0.2) is 17.5 Å². The van der Waals surface area contributed by atoms with E-state index in [1.54, 1.807) is 11.3 Å². The molecule has 1 saturated heterocycles. The van der Waals surface area contributed by atoms with Crippen LogP contribution in [-0.2, 0) is 6.54 Å². The molecule has 1 aliphatic heterocycles. The minimum atomic E-state index is 0.328. The van der Waals surface area contributed by atoms with Crippen LogP contribution in [-0.4, -0.2) is 62.7 Å². The van der Waals surface area contributed by atoms with Crippen molar-refractivity contribution in [3.05, 3.63) is 28.2 Å². The highest BCUT2D eigenvalue weighted by Gasteiger charge is 2.28.